The number of nitrogen functional groups attached to an aromatic ring is 1. The van der Waals surface area contributed by atoms with Crippen molar-refractivity contribution in [2.24, 2.45) is 0 Å². The summed E-state index contributed by atoms with van der Waals surface area (Å²) in [6.07, 6.45) is 6.08. The number of aromatic nitrogens is 1. The van der Waals surface area contributed by atoms with Crippen LogP contribution in [0.2, 0.25) is 0 Å². The maximum Gasteiger partial charge on any atom is 0.245 e. The summed E-state index contributed by atoms with van der Waals surface area (Å²) in [7, 11) is 0. The normalized spacial score (nSPS) is 16.0. The number of para-hydroxylation sites is 2. The Labute approximate surface area is 195 Å². The van der Waals surface area contributed by atoms with E-state index in [-0.39, 0.29) is 0 Å². The van der Waals surface area contributed by atoms with E-state index in [1.54, 1.807) is 41.6 Å². The molecule has 0 spiro atoms. The third kappa shape index (κ3) is 5.55. The number of halogens is 3. The van der Waals surface area contributed by atoms with E-state index in [0.717, 1.165) is 17.7 Å². The van der Waals surface area contributed by atoms with Crippen LogP contribution in [0.15, 0.2) is 54.9 Å². The zero-order valence-corrected chi connectivity index (χ0v) is 18.9. The van der Waals surface area contributed by atoms with Crippen molar-refractivity contribution in [2.45, 2.75) is 16.4 Å². The molecule has 1 aromatic heterocycles. The van der Waals surface area contributed by atoms with Crippen molar-refractivity contribution in [3.05, 3.63) is 60.4 Å². The Morgan fingerprint density at radius 1 is 1.20 bits per heavy atom. The molecule has 0 saturated carbocycles. The maximum absolute atomic E-state index is 12.5. The number of anilines is 2. The lowest BCUT2D eigenvalue weighted by Crippen LogP contribution is -2.62. The highest BCUT2D eigenvalue weighted by molar-refractivity contribution is 7.80. The van der Waals surface area contributed by atoms with Crippen molar-refractivity contribution in [1.82, 2.24) is 15.2 Å². The van der Waals surface area contributed by atoms with Gasteiger partial charge in [-0.15, -0.1) is 0 Å². The van der Waals surface area contributed by atoms with Gasteiger partial charge in [-0.2, -0.15) is 0 Å². The largest absolute Gasteiger partial charge is 0.397 e. The van der Waals surface area contributed by atoms with Crippen LogP contribution in [-0.2, 0) is 4.79 Å². The zero-order chi connectivity index (χ0) is 21.7. The summed E-state index contributed by atoms with van der Waals surface area (Å²) in [6.45, 7) is 1.20. The van der Waals surface area contributed by atoms with Crippen molar-refractivity contribution < 1.29 is 4.79 Å². The van der Waals surface area contributed by atoms with Gasteiger partial charge in [-0.25, -0.2) is 0 Å². The first-order valence-corrected chi connectivity index (χ1v) is 10.7. The number of carbonyl (C=O) groups is 1. The van der Waals surface area contributed by atoms with E-state index in [4.69, 9.17) is 52.8 Å². The number of hydrogen-bond acceptors (Lipinski definition) is 4. The van der Waals surface area contributed by atoms with E-state index < -0.39 is 15.9 Å². The van der Waals surface area contributed by atoms with Crippen LogP contribution in [-0.4, -0.2) is 44.0 Å². The Morgan fingerprint density at radius 3 is 2.57 bits per heavy atom. The molecule has 1 aromatic carbocycles. The van der Waals surface area contributed by atoms with Gasteiger partial charge in [0.2, 0.25) is 9.70 Å². The average molecular weight is 485 g/mol. The van der Waals surface area contributed by atoms with Crippen LogP contribution in [0.5, 0.6) is 0 Å². The predicted octanol–water partition coefficient (Wildman–Crippen LogP) is 3.99. The van der Waals surface area contributed by atoms with Gasteiger partial charge in [-0.1, -0.05) is 46.9 Å². The van der Waals surface area contributed by atoms with E-state index >= 15 is 0 Å². The highest BCUT2D eigenvalue weighted by atomic mass is 35.6. The van der Waals surface area contributed by atoms with Crippen LogP contribution in [0.25, 0.3) is 6.08 Å². The molecule has 158 valence electrons. The van der Waals surface area contributed by atoms with Crippen molar-refractivity contribution in [3.63, 3.8) is 0 Å². The van der Waals surface area contributed by atoms with Gasteiger partial charge in [0, 0.05) is 31.6 Å². The molecule has 6 nitrogen and oxygen atoms in total. The van der Waals surface area contributed by atoms with E-state index in [9.17, 15) is 4.79 Å². The molecule has 1 fully saturated rings. The third-order valence-corrected chi connectivity index (χ3v) is 5.59. The number of pyridine rings is 1. The monoisotopic (exact) mass is 483 g/mol. The minimum absolute atomic E-state index is 0.415. The molecule has 30 heavy (non-hydrogen) atoms. The van der Waals surface area contributed by atoms with Crippen molar-refractivity contribution in [1.29, 1.82) is 0 Å². The molecule has 1 aliphatic heterocycles. The molecular weight excluding hydrogens is 465 g/mol. The van der Waals surface area contributed by atoms with Crippen molar-refractivity contribution >= 4 is 75.5 Å². The van der Waals surface area contributed by atoms with Gasteiger partial charge in [0.05, 0.1) is 11.4 Å². The van der Waals surface area contributed by atoms with Gasteiger partial charge >= 0.3 is 0 Å². The lowest BCUT2D eigenvalue weighted by Gasteiger charge is -2.44. The van der Waals surface area contributed by atoms with E-state index in [2.05, 4.69) is 10.3 Å². The lowest BCUT2D eigenvalue weighted by molar-refractivity contribution is -0.117. The summed E-state index contributed by atoms with van der Waals surface area (Å²) in [6, 6.07) is 11.0. The summed E-state index contributed by atoms with van der Waals surface area (Å²) in [5.74, 6) is -0.415. The number of rotatable bonds is 5. The molecule has 0 aliphatic carbocycles. The van der Waals surface area contributed by atoms with Gasteiger partial charge in [0.15, 0.2) is 11.3 Å². The number of amides is 1. The van der Waals surface area contributed by atoms with Crippen LogP contribution in [0.1, 0.15) is 12.0 Å². The van der Waals surface area contributed by atoms with Crippen LogP contribution < -0.4 is 16.0 Å². The lowest BCUT2D eigenvalue weighted by atomic mass is 10.2. The van der Waals surface area contributed by atoms with Crippen LogP contribution in [0.4, 0.5) is 11.4 Å². The first-order valence-electron chi connectivity index (χ1n) is 9.15. The SMILES string of the molecule is Nc1ccccc1N1CCCN(C(NC(=O)/C=C/c2ccncc2)C(Cl)(Cl)Cl)C1=S. The van der Waals surface area contributed by atoms with Crippen molar-refractivity contribution in [2.75, 3.05) is 23.7 Å². The molecule has 1 atom stereocenters. The summed E-state index contributed by atoms with van der Waals surface area (Å²) < 4.78 is -1.81. The van der Waals surface area contributed by atoms with Gasteiger partial charge in [0.25, 0.3) is 0 Å². The minimum atomic E-state index is -1.81. The number of thiocarbonyl (C=S) groups is 1. The quantitative estimate of drug-likeness (QED) is 0.289. The Kier molecular flexibility index (Phi) is 7.41. The summed E-state index contributed by atoms with van der Waals surface area (Å²) >= 11 is 24.3. The molecule has 1 amide bonds. The molecule has 3 rings (SSSR count). The summed E-state index contributed by atoms with van der Waals surface area (Å²) in [5.41, 5.74) is 8.31. The smallest absolute Gasteiger partial charge is 0.245 e. The van der Waals surface area contributed by atoms with Crippen LogP contribution >= 0.6 is 47.0 Å². The van der Waals surface area contributed by atoms with Gasteiger partial charge in [-0.3, -0.25) is 9.78 Å². The van der Waals surface area contributed by atoms with Crippen LogP contribution in [0, 0.1) is 0 Å². The molecule has 1 aliphatic rings. The number of carbonyl (C=O) groups excluding carboxylic acids is 1. The first kappa shape index (κ1) is 22.6. The Balaban J connectivity index is 1.79. The Bertz CT molecular complexity index is 936. The van der Waals surface area contributed by atoms with Crippen molar-refractivity contribution in [3.8, 4) is 0 Å². The van der Waals surface area contributed by atoms with Crippen LogP contribution in [0.3, 0.4) is 0 Å². The molecule has 1 unspecified atom stereocenters. The average Bonchev–Trinajstić information content (AvgIpc) is 2.72. The molecule has 1 saturated heterocycles. The second-order valence-electron chi connectivity index (χ2n) is 6.61. The molecule has 2 heterocycles. The number of alkyl halides is 3. The fraction of sp³-hybridized carbons (Fsp3) is 0.250. The predicted molar refractivity (Wildman–Crippen MR) is 128 cm³/mol. The number of hydrogen-bond donors (Lipinski definition) is 2. The number of nitrogens with one attached hydrogen (secondary N) is 1. The fourth-order valence-electron chi connectivity index (χ4n) is 3.11. The molecule has 3 N–H and O–H groups in total. The van der Waals surface area contributed by atoms with Gasteiger partial charge in [0.1, 0.15) is 0 Å². The third-order valence-electron chi connectivity index (χ3n) is 4.52. The highest BCUT2D eigenvalue weighted by Gasteiger charge is 2.42. The number of nitrogens with zero attached hydrogens (tertiary/aromatic N) is 3. The molecule has 0 bridgehead atoms. The zero-order valence-electron chi connectivity index (χ0n) is 15.8. The second kappa shape index (κ2) is 9.83. The highest BCUT2D eigenvalue weighted by Crippen LogP contribution is 2.35. The summed E-state index contributed by atoms with van der Waals surface area (Å²) in [4.78, 5) is 20.1. The van der Waals surface area contributed by atoms with E-state index in [1.165, 1.54) is 6.08 Å². The second-order valence-corrected chi connectivity index (χ2v) is 9.34. The van der Waals surface area contributed by atoms with Gasteiger partial charge in [-0.05, 0) is 54.5 Å². The summed E-state index contributed by atoms with van der Waals surface area (Å²) in [5, 5.41) is 3.18. The Morgan fingerprint density at radius 2 is 1.90 bits per heavy atom. The number of benzene rings is 1. The molecule has 0 radical (unpaired) electrons. The molecular formula is C20H20Cl3N5OS. The Hall–Kier alpha value is -2.06. The fourth-order valence-corrected chi connectivity index (χ4v) is 4.01. The number of nitrogens with two attached hydrogens (primary N) is 1. The molecule has 10 heteroatoms. The topological polar surface area (TPSA) is 74.5 Å². The minimum Gasteiger partial charge on any atom is -0.397 e. The van der Waals surface area contributed by atoms with Gasteiger partial charge < -0.3 is 20.9 Å². The first-order chi connectivity index (χ1) is 14.3. The van der Waals surface area contributed by atoms with E-state index in [0.29, 0.717) is 23.9 Å². The maximum atomic E-state index is 12.5. The van der Waals surface area contributed by atoms with E-state index in [1.807, 2.05) is 23.1 Å². The molecule has 2 aromatic rings. The standard InChI is InChI=1S/C20H20Cl3N5OS/c21-20(22,23)18(26-17(29)7-6-14-8-10-25-11-9-14)28-13-3-12-27(19(28)30)16-5-2-1-4-15(16)24/h1-2,4-11,18H,3,12-13,24H2,(H,26,29)/b7-6+.